The van der Waals surface area contributed by atoms with Gasteiger partial charge in [-0.3, -0.25) is 4.79 Å². The number of rotatable bonds is 6. The molecular formula is C18H17ClF3NO3. The number of alkyl halides is 3. The molecule has 26 heavy (non-hydrogen) atoms. The molecular weight excluding hydrogens is 371 g/mol. The highest BCUT2D eigenvalue weighted by Crippen LogP contribution is 2.36. The summed E-state index contributed by atoms with van der Waals surface area (Å²) in [6.45, 7) is 1.69. The topological polar surface area (TPSA) is 47.6 Å². The number of amides is 1. The van der Waals surface area contributed by atoms with E-state index < -0.39 is 23.8 Å². The molecule has 2 aromatic rings. The fourth-order valence-corrected chi connectivity index (χ4v) is 2.41. The lowest BCUT2D eigenvalue weighted by atomic mass is 10.1. The van der Waals surface area contributed by atoms with Crippen LogP contribution in [0.2, 0.25) is 5.02 Å². The van der Waals surface area contributed by atoms with Crippen LogP contribution in [-0.4, -0.2) is 19.1 Å². The molecule has 2 aromatic carbocycles. The van der Waals surface area contributed by atoms with Gasteiger partial charge in [-0.05, 0) is 36.8 Å². The summed E-state index contributed by atoms with van der Waals surface area (Å²) < 4.78 is 50.1. The summed E-state index contributed by atoms with van der Waals surface area (Å²) in [7, 11) is 1.49. The van der Waals surface area contributed by atoms with Gasteiger partial charge in [0.2, 0.25) is 0 Å². The summed E-state index contributed by atoms with van der Waals surface area (Å²) in [5.74, 6) is 0.219. The smallest absolute Gasteiger partial charge is 0.418 e. The third-order valence-electron chi connectivity index (χ3n) is 3.53. The number of carbonyl (C=O) groups is 1. The molecule has 0 aliphatic carbocycles. The number of ether oxygens (including phenoxy) is 2. The second-order valence-electron chi connectivity index (χ2n) is 5.37. The predicted molar refractivity (Wildman–Crippen MR) is 92.8 cm³/mol. The van der Waals surface area contributed by atoms with Gasteiger partial charge < -0.3 is 14.8 Å². The van der Waals surface area contributed by atoms with Crippen molar-refractivity contribution >= 4 is 23.2 Å². The summed E-state index contributed by atoms with van der Waals surface area (Å²) in [5, 5.41) is 2.20. The second kappa shape index (κ2) is 8.31. The number of nitrogens with one attached hydrogen (secondary N) is 1. The van der Waals surface area contributed by atoms with Gasteiger partial charge in [-0.2, -0.15) is 13.2 Å². The van der Waals surface area contributed by atoms with Gasteiger partial charge >= 0.3 is 6.18 Å². The van der Waals surface area contributed by atoms with E-state index in [2.05, 4.69) is 5.32 Å². The fourth-order valence-electron chi connectivity index (χ4n) is 2.23. The maximum Gasteiger partial charge on any atom is 0.418 e. The Morgan fingerprint density at radius 1 is 1.19 bits per heavy atom. The average molecular weight is 388 g/mol. The number of benzene rings is 2. The van der Waals surface area contributed by atoms with E-state index in [0.29, 0.717) is 11.5 Å². The lowest BCUT2D eigenvalue weighted by molar-refractivity contribution is -0.137. The van der Waals surface area contributed by atoms with E-state index in [0.717, 1.165) is 12.1 Å². The summed E-state index contributed by atoms with van der Waals surface area (Å²) in [5.41, 5.74) is -1.39. The zero-order valence-corrected chi connectivity index (χ0v) is 14.8. The Bertz CT molecular complexity index is 781. The Morgan fingerprint density at radius 2 is 1.88 bits per heavy atom. The van der Waals surface area contributed by atoms with Crippen LogP contribution in [0.25, 0.3) is 0 Å². The van der Waals surface area contributed by atoms with Crippen LogP contribution in [-0.2, 0) is 11.0 Å². The van der Waals surface area contributed by atoms with Gasteiger partial charge in [0.1, 0.15) is 11.5 Å². The van der Waals surface area contributed by atoms with Gasteiger partial charge in [-0.15, -0.1) is 0 Å². The first-order valence-corrected chi connectivity index (χ1v) is 8.10. The van der Waals surface area contributed by atoms with Gasteiger partial charge in [0.25, 0.3) is 5.91 Å². The number of hydrogen-bond donors (Lipinski definition) is 1. The van der Waals surface area contributed by atoms with Crippen molar-refractivity contribution in [1.29, 1.82) is 0 Å². The highest BCUT2D eigenvalue weighted by Gasteiger charge is 2.34. The first kappa shape index (κ1) is 19.9. The average Bonchev–Trinajstić information content (AvgIpc) is 2.60. The van der Waals surface area contributed by atoms with Crippen LogP contribution in [0.15, 0.2) is 42.5 Å². The van der Waals surface area contributed by atoms with E-state index in [1.165, 1.54) is 13.2 Å². The van der Waals surface area contributed by atoms with Crippen LogP contribution in [0, 0.1) is 0 Å². The fraction of sp³-hybridized carbons (Fsp3) is 0.278. The number of carbonyl (C=O) groups excluding carboxylic acids is 1. The van der Waals surface area contributed by atoms with Crippen molar-refractivity contribution < 1.29 is 27.4 Å². The van der Waals surface area contributed by atoms with Crippen molar-refractivity contribution in [1.82, 2.24) is 0 Å². The number of hydrogen-bond acceptors (Lipinski definition) is 3. The molecule has 0 radical (unpaired) electrons. The van der Waals surface area contributed by atoms with Crippen LogP contribution in [0.1, 0.15) is 18.9 Å². The van der Waals surface area contributed by atoms with Crippen molar-refractivity contribution in [2.24, 2.45) is 0 Å². The largest absolute Gasteiger partial charge is 0.497 e. The molecule has 0 saturated heterocycles. The van der Waals surface area contributed by atoms with Crippen molar-refractivity contribution in [2.45, 2.75) is 25.6 Å². The Hall–Kier alpha value is -2.41. The Morgan fingerprint density at radius 3 is 2.50 bits per heavy atom. The SMILES string of the molecule is CC[C@@H](Oc1cccc(OC)c1)C(=O)Nc1ccc(Cl)cc1C(F)(F)F. The maximum absolute atomic E-state index is 13.1. The first-order chi connectivity index (χ1) is 12.2. The zero-order chi connectivity index (χ0) is 19.3. The Balaban J connectivity index is 2.19. The first-order valence-electron chi connectivity index (χ1n) is 7.73. The van der Waals surface area contributed by atoms with Gasteiger partial charge in [-0.25, -0.2) is 0 Å². The molecule has 0 saturated carbocycles. The van der Waals surface area contributed by atoms with Crippen LogP contribution < -0.4 is 14.8 Å². The predicted octanol–water partition coefficient (Wildman–Crippen LogP) is 5.16. The zero-order valence-electron chi connectivity index (χ0n) is 14.1. The summed E-state index contributed by atoms with van der Waals surface area (Å²) in [6.07, 6.45) is -5.36. The number of halogens is 4. The van der Waals surface area contributed by atoms with Crippen molar-refractivity contribution in [3.05, 3.63) is 53.1 Å². The van der Waals surface area contributed by atoms with E-state index in [1.807, 2.05) is 0 Å². The molecule has 1 amide bonds. The molecule has 0 aliphatic heterocycles. The minimum absolute atomic E-state index is 0.0741. The standard InChI is InChI=1S/C18H17ClF3NO3/c1-3-16(26-13-6-4-5-12(10-13)25-2)17(24)23-15-8-7-11(19)9-14(15)18(20,21)22/h4-10,16H,3H2,1-2H3,(H,23,24)/t16-/m1/s1. The van der Waals surface area contributed by atoms with E-state index in [9.17, 15) is 18.0 Å². The summed E-state index contributed by atoms with van der Waals surface area (Å²) in [6, 6.07) is 9.75. The Labute approximate surface area is 153 Å². The number of anilines is 1. The lowest BCUT2D eigenvalue weighted by Gasteiger charge is -2.19. The normalized spacial score (nSPS) is 12.4. The molecule has 8 heteroatoms. The molecule has 1 N–H and O–H groups in total. The molecule has 1 atom stereocenters. The van der Waals surface area contributed by atoms with Gasteiger partial charge in [-0.1, -0.05) is 24.6 Å². The van der Waals surface area contributed by atoms with Crippen molar-refractivity contribution in [2.75, 3.05) is 12.4 Å². The third kappa shape index (κ3) is 5.05. The lowest BCUT2D eigenvalue weighted by Crippen LogP contribution is -2.33. The van der Waals surface area contributed by atoms with E-state index in [1.54, 1.807) is 31.2 Å². The van der Waals surface area contributed by atoms with Crippen molar-refractivity contribution in [3.63, 3.8) is 0 Å². The maximum atomic E-state index is 13.1. The van der Waals surface area contributed by atoms with Crippen LogP contribution >= 0.6 is 11.6 Å². The van der Waals surface area contributed by atoms with Gasteiger partial charge in [0.05, 0.1) is 18.4 Å². The molecule has 4 nitrogen and oxygen atoms in total. The molecule has 0 aromatic heterocycles. The molecule has 0 unspecified atom stereocenters. The van der Waals surface area contributed by atoms with Gasteiger partial charge in [0.15, 0.2) is 6.10 Å². The van der Waals surface area contributed by atoms with Gasteiger partial charge in [0, 0.05) is 11.1 Å². The minimum Gasteiger partial charge on any atom is -0.497 e. The number of methoxy groups -OCH3 is 1. The second-order valence-corrected chi connectivity index (χ2v) is 5.81. The van der Waals surface area contributed by atoms with E-state index in [-0.39, 0.29) is 17.1 Å². The molecule has 0 spiro atoms. The molecule has 0 bridgehead atoms. The van der Waals surface area contributed by atoms with Crippen molar-refractivity contribution in [3.8, 4) is 11.5 Å². The molecule has 140 valence electrons. The molecule has 2 rings (SSSR count). The highest BCUT2D eigenvalue weighted by molar-refractivity contribution is 6.30. The third-order valence-corrected chi connectivity index (χ3v) is 3.76. The summed E-state index contributed by atoms with van der Waals surface area (Å²) in [4.78, 5) is 12.4. The quantitative estimate of drug-likeness (QED) is 0.744. The molecule has 0 fully saturated rings. The minimum atomic E-state index is -4.65. The highest BCUT2D eigenvalue weighted by atomic mass is 35.5. The molecule has 0 heterocycles. The van der Waals surface area contributed by atoms with Crippen LogP contribution in [0.4, 0.5) is 18.9 Å². The van der Waals surface area contributed by atoms with Crippen LogP contribution in [0.5, 0.6) is 11.5 Å². The van der Waals surface area contributed by atoms with E-state index in [4.69, 9.17) is 21.1 Å². The van der Waals surface area contributed by atoms with E-state index >= 15 is 0 Å². The molecule has 0 aliphatic rings. The summed E-state index contributed by atoms with van der Waals surface area (Å²) >= 11 is 5.64. The Kier molecular flexibility index (Phi) is 6.37. The van der Waals surface area contributed by atoms with Crippen LogP contribution in [0.3, 0.4) is 0 Å². The monoisotopic (exact) mass is 387 g/mol.